The summed E-state index contributed by atoms with van der Waals surface area (Å²) in [5.74, 6) is 0. The highest BCUT2D eigenvalue weighted by Gasteiger charge is 2.20. The number of unbranched alkanes of at least 4 members (excludes halogenated alkanes) is 1. The largest absolute Gasteiger partial charge is 0.375 e. The van der Waals surface area contributed by atoms with E-state index in [2.05, 4.69) is 25.8 Å². The van der Waals surface area contributed by atoms with Crippen molar-refractivity contribution in [1.82, 2.24) is 14.8 Å². The lowest BCUT2D eigenvalue weighted by Crippen LogP contribution is -2.46. The fourth-order valence-corrected chi connectivity index (χ4v) is 5.56. The number of aromatic nitrogens is 1. The SMILES string of the molecule is Nc1nc2c(s1)CCN(CCCCN1CCN(c3cccc(Cl)c3Cl)CC1)CC2. The molecule has 1 fully saturated rings. The Hall–Kier alpha value is -1.05. The summed E-state index contributed by atoms with van der Waals surface area (Å²) in [6, 6.07) is 5.88. The number of hydrogen-bond acceptors (Lipinski definition) is 6. The van der Waals surface area contributed by atoms with Gasteiger partial charge in [-0.25, -0.2) is 4.98 Å². The Bertz CT molecular complexity index is 794. The Morgan fingerprint density at radius 3 is 2.38 bits per heavy atom. The molecule has 2 aliphatic rings. The standard InChI is InChI=1S/C21H29Cl2N5S/c22-16-4-3-5-18(20(16)23)28-14-12-27(13-15-28)9-2-1-8-26-10-6-17-19(7-11-26)29-21(24)25-17/h3-5H,1-2,6-15H2,(H2,24,25). The molecule has 1 saturated heterocycles. The second kappa shape index (κ2) is 9.84. The molecule has 1 aromatic carbocycles. The van der Waals surface area contributed by atoms with Crippen molar-refractivity contribution in [2.45, 2.75) is 25.7 Å². The predicted octanol–water partition coefficient (Wildman–Crippen LogP) is 4.04. The average Bonchev–Trinajstić information content (AvgIpc) is 2.98. The van der Waals surface area contributed by atoms with E-state index in [1.54, 1.807) is 11.3 Å². The van der Waals surface area contributed by atoms with Gasteiger partial charge >= 0.3 is 0 Å². The molecule has 0 atom stereocenters. The van der Waals surface area contributed by atoms with E-state index in [1.165, 1.54) is 36.5 Å². The van der Waals surface area contributed by atoms with Gasteiger partial charge in [0.25, 0.3) is 0 Å². The van der Waals surface area contributed by atoms with Gasteiger partial charge in [-0.15, -0.1) is 11.3 Å². The number of nitrogens with zero attached hydrogens (tertiary/aromatic N) is 4. The van der Waals surface area contributed by atoms with Crippen LogP contribution in [0.2, 0.25) is 10.0 Å². The second-order valence-corrected chi connectivity index (χ2v) is 9.77. The van der Waals surface area contributed by atoms with Gasteiger partial charge in [-0.3, -0.25) is 4.90 Å². The maximum Gasteiger partial charge on any atom is 0.180 e. The molecule has 3 heterocycles. The number of nitrogens with two attached hydrogens (primary N) is 1. The topological polar surface area (TPSA) is 48.6 Å². The minimum Gasteiger partial charge on any atom is -0.375 e. The fourth-order valence-electron chi connectivity index (χ4n) is 4.27. The molecule has 29 heavy (non-hydrogen) atoms. The normalized spacial score (nSPS) is 18.6. The fraction of sp³-hybridized carbons (Fsp3) is 0.571. The highest BCUT2D eigenvalue weighted by molar-refractivity contribution is 7.15. The Kier molecular flexibility index (Phi) is 7.19. The summed E-state index contributed by atoms with van der Waals surface area (Å²) in [4.78, 5) is 13.4. The van der Waals surface area contributed by atoms with Crippen molar-refractivity contribution in [3.8, 4) is 0 Å². The average molecular weight is 454 g/mol. The second-order valence-electron chi connectivity index (χ2n) is 7.87. The van der Waals surface area contributed by atoms with Crippen molar-refractivity contribution in [1.29, 1.82) is 0 Å². The summed E-state index contributed by atoms with van der Waals surface area (Å²) < 4.78 is 0. The van der Waals surface area contributed by atoms with Crippen LogP contribution in [0.3, 0.4) is 0 Å². The smallest absolute Gasteiger partial charge is 0.180 e. The number of thiazole rings is 1. The molecular weight excluding hydrogens is 425 g/mol. The number of benzene rings is 1. The Balaban J connectivity index is 1.14. The van der Waals surface area contributed by atoms with Crippen molar-refractivity contribution in [2.75, 3.05) is 63.0 Å². The zero-order chi connectivity index (χ0) is 20.2. The highest BCUT2D eigenvalue weighted by Crippen LogP contribution is 2.32. The molecule has 2 aromatic rings. The summed E-state index contributed by atoms with van der Waals surface area (Å²) in [5, 5.41) is 2.03. The van der Waals surface area contributed by atoms with Crippen molar-refractivity contribution < 1.29 is 0 Å². The van der Waals surface area contributed by atoms with E-state index in [-0.39, 0.29) is 0 Å². The molecule has 2 aliphatic heterocycles. The van der Waals surface area contributed by atoms with Crippen LogP contribution in [-0.2, 0) is 12.8 Å². The van der Waals surface area contributed by atoms with E-state index in [4.69, 9.17) is 28.9 Å². The van der Waals surface area contributed by atoms with Crippen LogP contribution in [0, 0.1) is 0 Å². The Labute approximate surface area is 187 Å². The third kappa shape index (κ3) is 5.36. The maximum atomic E-state index is 6.38. The molecule has 2 N–H and O–H groups in total. The third-order valence-electron chi connectivity index (χ3n) is 5.96. The molecule has 8 heteroatoms. The molecule has 0 amide bonds. The summed E-state index contributed by atoms with van der Waals surface area (Å²) in [6.45, 7) is 8.77. The molecule has 158 valence electrons. The zero-order valence-corrected chi connectivity index (χ0v) is 19.1. The van der Waals surface area contributed by atoms with Crippen LogP contribution in [0.15, 0.2) is 18.2 Å². The molecule has 4 rings (SSSR count). The molecule has 0 saturated carbocycles. The number of piperazine rings is 1. The van der Waals surface area contributed by atoms with Gasteiger partial charge in [0.05, 0.1) is 21.4 Å². The van der Waals surface area contributed by atoms with Gasteiger partial charge in [-0.2, -0.15) is 0 Å². The van der Waals surface area contributed by atoms with Crippen molar-refractivity contribution >= 4 is 45.4 Å². The van der Waals surface area contributed by atoms with Gasteiger partial charge in [0, 0.05) is 50.6 Å². The molecule has 0 spiro atoms. The zero-order valence-electron chi connectivity index (χ0n) is 16.7. The number of nitrogen functional groups attached to an aromatic ring is 1. The summed E-state index contributed by atoms with van der Waals surface area (Å²) in [6.07, 6.45) is 4.64. The van der Waals surface area contributed by atoms with Crippen LogP contribution in [0.5, 0.6) is 0 Å². The first-order valence-corrected chi connectivity index (χ1v) is 12.0. The Morgan fingerprint density at radius 2 is 1.62 bits per heavy atom. The molecule has 1 aromatic heterocycles. The minimum atomic E-state index is 0.634. The van der Waals surface area contributed by atoms with Crippen LogP contribution in [0.4, 0.5) is 10.8 Å². The highest BCUT2D eigenvalue weighted by atomic mass is 35.5. The van der Waals surface area contributed by atoms with E-state index in [0.29, 0.717) is 10.0 Å². The van der Waals surface area contributed by atoms with Crippen molar-refractivity contribution in [2.24, 2.45) is 0 Å². The molecule has 0 radical (unpaired) electrons. The molecular formula is C21H29Cl2N5S. The number of hydrogen-bond donors (Lipinski definition) is 1. The number of halogens is 2. The summed E-state index contributed by atoms with van der Waals surface area (Å²) in [5.41, 5.74) is 8.13. The quantitative estimate of drug-likeness (QED) is 0.668. The molecule has 0 aliphatic carbocycles. The monoisotopic (exact) mass is 453 g/mol. The maximum absolute atomic E-state index is 6.38. The number of anilines is 2. The van der Waals surface area contributed by atoms with Crippen LogP contribution in [0.25, 0.3) is 0 Å². The van der Waals surface area contributed by atoms with Crippen molar-refractivity contribution in [3.63, 3.8) is 0 Å². The van der Waals surface area contributed by atoms with Crippen LogP contribution in [-0.4, -0.2) is 67.1 Å². The number of fused-ring (bicyclic) bond motifs is 1. The van der Waals surface area contributed by atoms with Crippen LogP contribution in [0.1, 0.15) is 23.4 Å². The number of rotatable bonds is 6. The first kappa shape index (κ1) is 21.2. The van der Waals surface area contributed by atoms with Gasteiger partial charge < -0.3 is 15.5 Å². The van der Waals surface area contributed by atoms with E-state index >= 15 is 0 Å². The van der Waals surface area contributed by atoms with Gasteiger partial charge in [0.2, 0.25) is 0 Å². The van der Waals surface area contributed by atoms with E-state index in [1.807, 2.05) is 12.1 Å². The van der Waals surface area contributed by atoms with E-state index < -0.39 is 0 Å². The molecule has 5 nitrogen and oxygen atoms in total. The van der Waals surface area contributed by atoms with Gasteiger partial charge in [-0.05, 0) is 44.5 Å². The van der Waals surface area contributed by atoms with Crippen molar-refractivity contribution in [3.05, 3.63) is 38.8 Å². The van der Waals surface area contributed by atoms with E-state index in [9.17, 15) is 0 Å². The lowest BCUT2D eigenvalue weighted by molar-refractivity contribution is 0.236. The van der Waals surface area contributed by atoms with Gasteiger partial charge in [0.1, 0.15) is 0 Å². The van der Waals surface area contributed by atoms with E-state index in [0.717, 1.165) is 62.9 Å². The Morgan fingerprint density at radius 1 is 0.931 bits per heavy atom. The lowest BCUT2D eigenvalue weighted by atomic mass is 10.2. The predicted molar refractivity (Wildman–Crippen MR) is 125 cm³/mol. The van der Waals surface area contributed by atoms with Crippen LogP contribution < -0.4 is 10.6 Å². The first-order valence-electron chi connectivity index (χ1n) is 10.5. The minimum absolute atomic E-state index is 0.634. The molecule has 0 bridgehead atoms. The third-order valence-corrected chi connectivity index (χ3v) is 7.75. The first-order chi connectivity index (χ1) is 14.1. The van der Waals surface area contributed by atoms with Crippen LogP contribution >= 0.6 is 34.5 Å². The van der Waals surface area contributed by atoms with Gasteiger partial charge in [-0.1, -0.05) is 29.3 Å². The summed E-state index contributed by atoms with van der Waals surface area (Å²) in [7, 11) is 0. The lowest BCUT2D eigenvalue weighted by Gasteiger charge is -2.36. The molecule has 0 unspecified atom stereocenters. The summed E-state index contributed by atoms with van der Waals surface area (Å²) >= 11 is 14.2. The van der Waals surface area contributed by atoms with Gasteiger partial charge in [0.15, 0.2) is 5.13 Å².